The molecule has 0 saturated carbocycles. The van der Waals surface area contributed by atoms with Crippen LogP contribution in [0.15, 0.2) is 30.5 Å². The lowest BCUT2D eigenvalue weighted by Crippen LogP contribution is -2.45. The van der Waals surface area contributed by atoms with Gasteiger partial charge in [0.25, 0.3) is 5.91 Å². The van der Waals surface area contributed by atoms with Crippen LogP contribution in [0.3, 0.4) is 0 Å². The molecule has 1 saturated heterocycles. The van der Waals surface area contributed by atoms with E-state index in [0.717, 1.165) is 18.4 Å². The first-order valence-corrected chi connectivity index (χ1v) is 9.17. The van der Waals surface area contributed by atoms with Gasteiger partial charge in [0.1, 0.15) is 12.2 Å². The van der Waals surface area contributed by atoms with Crippen molar-refractivity contribution in [2.24, 2.45) is 5.92 Å². The first-order valence-electron chi connectivity index (χ1n) is 9.17. The van der Waals surface area contributed by atoms with E-state index in [1.165, 1.54) is 10.9 Å². The molecule has 9 nitrogen and oxygen atoms in total. The topological polar surface area (TPSA) is 117 Å². The molecule has 2 N–H and O–H groups in total. The zero-order valence-electron chi connectivity index (χ0n) is 15.7. The number of aliphatic carboxylic acids is 1. The monoisotopic (exact) mass is 385 g/mol. The summed E-state index contributed by atoms with van der Waals surface area (Å²) in [7, 11) is 0. The number of aromatic nitrogens is 3. The minimum atomic E-state index is -1.01. The summed E-state index contributed by atoms with van der Waals surface area (Å²) >= 11 is 0. The molecule has 1 atom stereocenters. The summed E-state index contributed by atoms with van der Waals surface area (Å²) in [6.45, 7) is 2.88. The van der Waals surface area contributed by atoms with Gasteiger partial charge in [0.05, 0.1) is 18.7 Å². The number of hydrogen-bond acceptors (Lipinski definition) is 5. The molecule has 3 rings (SSSR count). The van der Waals surface area contributed by atoms with Gasteiger partial charge in [-0.1, -0.05) is 22.9 Å². The second kappa shape index (κ2) is 8.64. The molecule has 1 aliphatic rings. The number of amides is 2. The van der Waals surface area contributed by atoms with E-state index in [2.05, 4.69) is 15.6 Å². The van der Waals surface area contributed by atoms with Crippen molar-refractivity contribution in [1.82, 2.24) is 25.2 Å². The van der Waals surface area contributed by atoms with E-state index in [9.17, 15) is 14.4 Å². The molecule has 2 amide bonds. The number of rotatable bonds is 6. The van der Waals surface area contributed by atoms with Gasteiger partial charge in [-0.3, -0.25) is 14.4 Å². The van der Waals surface area contributed by atoms with E-state index in [1.54, 1.807) is 4.90 Å². The third-order valence-electron chi connectivity index (χ3n) is 4.71. The van der Waals surface area contributed by atoms with Gasteiger partial charge in [0, 0.05) is 18.7 Å². The minimum absolute atomic E-state index is 0.0610. The van der Waals surface area contributed by atoms with E-state index < -0.39 is 5.97 Å². The molecule has 0 spiro atoms. The van der Waals surface area contributed by atoms with Crippen molar-refractivity contribution < 1.29 is 19.5 Å². The molecule has 9 heteroatoms. The molecule has 2 aromatic rings. The van der Waals surface area contributed by atoms with Crippen molar-refractivity contribution in [2.75, 3.05) is 13.1 Å². The molecule has 0 bridgehead atoms. The first kappa shape index (κ1) is 19.5. The summed E-state index contributed by atoms with van der Waals surface area (Å²) in [5, 5.41) is 19.1. The Hall–Kier alpha value is -3.23. The number of carbonyl (C=O) groups excluding carboxylic acids is 2. The molecule has 0 radical (unpaired) electrons. The van der Waals surface area contributed by atoms with Crippen molar-refractivity contribution in [3.63, 3.8) is 0 Å². The molecule has 0 aliphatic carbocycles. The molecule has 148 valence electrons. The predicted octanol–water partition coefficient (Wildman–Crippen LogP) is 0.840. The van der Waals surface area contributed by atoms with Crippen LogP contribution in [0, 0.1) is 12.8 Å². The number of aryl methyl sites for hydroxylation is 1. The standard InChI is InChI=1S/C19H23N5O4/c1-13-4-6-14(7-5-13)19(28)23-8-2-3-15(10-23)18(27)20-9-16-11-24(22-21-16)12-17(25)26/h4-7,11,15H,2-3,8-10,12H2,1H3,(H,20,27)(H,25,26). The zero-order chi connectivity index (χ0) is 20.1. The fourth-order valence-electron chi connectivity index (χ4n) is 3.21. The largest absolute Gasteiger partial charge is 0.480 e. The molecule has 28 heavy (non-hydrogen) atoms. The average Bonchev–Trinajstić information content (AvgIpc) is 3.13. The summed E-state index contributed by atoms with van der Waals surface area (Å²) in [6, 6.07) is 7.42. The highest BCUT2D eigenvalue weighted by atomic mass is 16.4. The number of carboxylic acids is 1. The summed E-state index contributed by atoms with van der Waals surface area (Å²) in [5.41, 5.74) is 2.20. The van der Waals surface area contributed by atoms with Gasteiger partial charge in [0.15, 0.2) is 0 Å². The smallest absolute Gasteiger partial charge is 0.325 e. The van der Waals surface area contributed by atoms with Gasteiger partial charge in [0.2, 0.25) is 5.91 Å². The molecular formula is C19H23N5O4. The average molecular weight is 385 g/mol. The molecule has 1 fully saturated rings. The van der Waals surface area contributed by atoms with E-state index in [4.69, 9.17) is 5.11 Å². The number of carbonyl (C=O) groups is 3. The molecular weight excluding hydrogens is 362 g/mol. The lowest BCUT2D eigenvalue weighted by Gasteiger charge is -2.32. The van der Waals surface area contributed by atoms with E-state index in [1.807, 2.05) is 31.2 Å². The number of nitrogens with one attached hydrogen (secondary N) is 1. The number of likely N-dealkylation sites (tertiary alicyclic amines) is 1. The van der Waals surface area contributed by atoms with Gasteiger partial charge in [-0.25, -0.2) is 4.68 Å². The van der Waals surface area contributed by atoms with Crippen LogP contribution in [0.4, 0.5) is 0 Å². The van der Waals surface area contributed by atoms with Gasteiger partial charge >= 0.3 is 5.97 Å². The molecule has 2 heterocycles. The van der Waals surface area contributed by atoms with E-state index in [-0.39, 0.29) is 30.8 Å². The summed E-state index contributed by atoms with van der Waals surface area (Å²) in [6.07, 6.45) is 2.97. The Labute approximate surface area is 162 Å². The van der Waals surface area contributed by atoms with E-state index in [0.29, 0.717) is 24.3 Å². The second-order valence-corrected chi connectivity index (χ2v) is 6.98. The lowest BCUT2D eigenvalue weighted by molar-refractivity contribution is -0.138. The number of hydrogen-bond donors (Lipinski definition) is 2. The molecule has 1 aliphatic heterocycles. The Balaban J connectivity index is 1.54. The number of benzene rings is 1. The highest BCUT2D eigenvalue weighted by molar-refractivity contribution is 5.94. The summed E-state index contributed by atoms with van der Waals surface area (Å²) < 4.78 is 1.20. The number of carboxylic acid groups (broad SMARTS) is 1. The van der Waals surface area contributed by atoms with Crippen molar-refractivity contribution in [2.45, 2.75) is 32.9 Å². The molecule has 1 aromatic carbocycles. The highest BCUT2D eigenvalue weighted by Crippen LogP contribution is 2.19. The Morgan fingerprint density at radius 3 is 2.71 bits per heavy atom. The van der Waals surface area contributed by atoms with Gasteiger partial charge in [-0.2, -0.15) is 0 Å². The number of piperidine rings is 1. The van der Waals surface area contributed by atoms with Crippen LogP contribution >= 0.6 is 0 Å². The van der Waals surface area contributed by atoms with E-state index >= 15 is 0 Å². The van der Waals surface area contributed by atoms with Crippen molar-refractivity contribution in [1.29, 1.82) is 0 Å². The van der Waals surface area contributed by atoms with Crippen LogP contribution in [0.25, 0.3) is 0 Å². The molecule has 1 unspecified atom stereocenters. The van der Waals surface area contributed by atoms with Gasteiger partial charge in [-0.15, -0.1) is 5.10 Å². The minimum Gasteiger partial charge on any atom is -0.480 e. The number of nitrogens with zero attached hydrogens (tertiary/aromatic N) is 4. The fraction of sp³-hybridized carbons (Fsp3) is 0.421. The Morgan fingerprint density at radius 2 is 2.00 bits per heavy atom. The molecule has 1 aromatic heterocycles. The van der Waals surface area contributed by atoms with Crippen LogP contribution in [0.1, 0.15) is 34.5 Å². The Kier molecular flexibility index (Phi) is 6.03. The third kappa shape index (κ3) is 4.93. The maximum atomic E-state index is 12.7. The maximum absolute atomic E-state index is 12.7. The normalized spacial score (nSPS) is 16.6. The quantitative estimate of drug-likeness (QED) is 0.761. The SMILES string of the molecule is Cc1ccc(C(=O)N2CCCC(C(=O)NCc3cn(CC(=O)O)nn3)C2)cc1. The van der Waals surface area contributed by atoms with Crippen LogP contribution in [0.2, 0.25) is 0 Å². The van der Waals surface area contributed by atoms with Crippen molar-refractivity contribution >= 4 is 17.8 Å². The van der Waals surface area contributed by atoms with Gasteiger partial charge < -0.3 is 15.3 Å². The van der Waals surface area contributed by atoms with Crippen molar-refractivity contribution in [3.8, 4) is 0 Å². The van der Waals surface area contributed by atoms with Crippen LogP contribution in [-0.4, -0.2) is 55.9 Å². The highest BCUT2D eigenvalue weighted by Gasteiger charge is 2.28. The third-order valence-corrected chi connectivity index (χ3v) is 4.71. The lowest BCUT2D eigenvalue weighted by atomic mass is 9.96. The van der Waals surface area contributed by atoms with Crippen LogP contribution in [-0.2, 0) is 22.7 Å². The summed E-state index contributed by atoms with van der Waals surface area (Å²) in [5.74, 6) is -1.50. The maximum Gasteiger partial charge on any atom is 0.325 e. The van der Waals surface area contributed by atoms with Crippen molar-refractivity contribution in [3.05, 3.63) is 47.3 Å². The predicted molar refractivity (Wildman–Crippen MR) is 99.3 cm³/mol. The summed E-state index contributed by atoms with van der Waals surface area (Å²) in [4.78, 5) is 37.6. The van der Waals surface area contributed by atoms with Gasteiger partial charge in [-0.05, 0) is 31.9 Å². The van der Waals surface area contributed by atoms with Crippen LogP contribution < -0.4 is 5.32 Å². The Morgan fingerprint density at radius 1 is 1.25 bits per heavy atom. The van der Waals surface area contributed by atoms with Crippen LogP contribution in [0.5, 0.6) is 0 Å². The first-order chi connectivity index (χ1) is 13.4. The zero-order valence-corrected chi connectivity index (χ0v) is 15.7. The fourth-order valence-corrected chi connectivity index (χ4v) is 3.21. The second-order valence-electron chi connectivity index (χ2n) is 6.98. The Bertz CT molecular complexity index is 861.